The molecule has 0 saturated heterocycles. The van der Waals surface area contributed by atoms with E-state index in [0.717, 1.165) is 0 Å². The zero-order valence-corrected chi connectivity index (χ0v) is 13.2. The summed E-state index contributed by atoms with van der Waals surface area (Å²) >= 11 is -0.548. The highest BCUT2D eigenvalue weighted by Gasteiger charge is 2.38. The Kier molecular flexibility index (Phi) is 3.22. The predicted octanol–water partition coefficient (Wildman–Crippen LogP) is 4.52. The summed E-state index contributed by atoms with van der Waals surface area (Å²) in [5.41, 5.74) is 0.160. The Morgan fingerprint density at radius 2 is 1.68 bits per heavy atom. The monoisotopic (exact) mass is 368 g/mol. The Labute approximate surface area is 153 Å². The van der Waals surface area contributed by atoms with Gasteiger partial charge in [0.1, 0.15) is 0 Å². The lowest BCUT2D eigenvalue weighted by Crippen LogP contribution is -2.30. The van der Waals surface area contributed by atoms with Crippen LogP contribution in [0.4, 0.5) is 13.2 Å². The normalized spacial score (nSPS) is 17.6. The summed E-state index contributed by atoms with van der Waals surface area (Å²) in [6, 6.07) is 1.62. The number of carbonyl (C=O) groups excluding carboxylic acids is 2. The van der Waals surface area contributed by atoms with Gasteiger partial charge >= 0.3 is 5.25 Å². The van der Waals surface area contributed by atoms with E-state index in [1.54, 1.807) is 0 Å². The van der Waals surface area contributed by atoms with Gasteiger partial charge in [0.2, 0.25) is 0 Å². The lowest BCUT2D eigenvalue weighted by molar-refractivity contribution is 0.0667. The lowest BCUT2D eigenvalue weighted by atomic mass is 10.1. The van der Waals surface area contributed by atoms with Crippen LogP contribution in [0.5, 0.6) is 0 Å². The Hall–Kier alpha value is -2.54. The molecule has 2 amide bonds. The molecule has 0 bridgehead atoms. The second-order valence-electron chi connectivity index (χ2n) is 4.89. The van der Waals surface area contributed by atoms with Crippen LogP contribution in [-0.4, -0.2) is 28.5 Å². The molecule has 0 spiro atoms. The van der Waals surface area contributed by atoms with Crippen LogP contribution in [-0.2, 0) is 0 Å². The van der Waals surface area contributed by atoms with Crippen molar-refractivity contribution in [2.24, 2.45) is 0 Å². The van der Waals surface area contributed by atoms with E-state index in [2.05, 4.69) is 0 Å². The second-order valence-corrected chi connectivity index (χ2v) is 6.02. The molecule has 3 rings (SSSR count). The third-order valence-electron chi connectivity index (χ3n) is 3.32. The number of halogens is 3. The lowest BCUT2D eigenvalue weighted by Gasteiger charge is -2.15. The predicted molar refractivity (Wildman–Crippen MR) is 88.2 cm³/mol. The number of hydrogen-bond acceptors (Lipinski definition) is 3. The van der Waals surface area contributed by atoms with Gasteiger partial charge in [-0.3, -0.25) is 14.5 Å². The maximum Gasteiger partial charge on any atom is 0.348 e. The summed E-state index contributed by atoms with van der Waals surface area (Å²) in [6.45, 7) is -0.755. The van der Waals surface area contributed by atoms with Crippen LogP contribution in [0.25, 0.3) is 0 Å². The third-order valence-corrected chi connectivity index (χ3v) is 4.18. The average molecular weight is 368 g/mol. The summed E-state index contributed by atoms with van der Waals surface area (Å²) in [7, 11) is 0. The smallest absolute Gasteiger partial charge is 0.270 e. The number of alkyl halides is 2. The molecule has 25 heavy (non-hydrogen) atoms. The molecule has 2 aromatic carbocycles. The number of thioether (sulfide) groups is 1. The maximum absolute atomic E-state index is 14.4. The van der Waals surface area contributed by atoms with Gasteiger partial charge in [0.15, 0.2) is 5.83 Å². The highest BCUT2D eigenvalue weighted by molar-refractivity contribution is 8.00. The molecule has 0 aromatic heterocycles. The van der Waals surface area contributed by atoms with Gasteiger partial charge in [0.05, 0.1) is 24.5 Å². The molecule has 1 aliphatic rings. The molecule has 0 unspecified atom stereocenters. The zero-order chi connectivity index (χ0) is 22.4. The Balaban J connectivity index is 1.84. The van der Waals surface area contributed by atoms with Crippen LogP contribution in [0.3, 0.4) is 0 Å². The molecule has 0 atom stereocenters. The number of fused-ring (bicyclic) bond motifs is 1. The fourth-order valence-corrected chi connectivity index (χ4v) is 2.80. The fourth-order valence-electron chi connectivity index (χ4n) is 2.16. The third kappa shape index (κ3) is 3.46. The van der Waals surface area contributed by atoms with E-state index in [1.165, 1.54) is 24.3 Å². The van der Waals surface area contributed by atoms with E-state index >= 15 is 0 Å². The first-order valence-electron chi connectivity index (χ1n) is 9.42. The molecular weight excluding hydrogens is 351 g/mol. The van der Waals surface area contributed by atoms with Crippen LogP contribution in [0, 0.1) is 0 Å². The van der Waals surface area contributed by atoms with Gasteiger partial charge in [0.25, 0.3) is 11.8 Å². The van der Waals surface area contributed by atoms with Crippen LogP contribution >= 0.6 is 11.8 Å². The zero-order valence-electron chi connectivity index (χ0n) is 17.4. The summed E-state index contributed by atoms with van der Waals surface area (Å²) < 4.78 is 80.7. The summed E-state index contributed by atoms with van der Waals surface area (Å²) in [5.74, 6) is -3.52. The fraction of sp³-hybridized carbons (Fsp3) is 0.111. The molecular formula is C18H12F3NO2S. The number of imide groups is 1. The number of hydrogen-bond donors (Lipinski definition) is 0. The first-order chi connectivity index (χ1) is 14.0. The molecule has 0 fully saturated rings. The molecule has 2 aromatic rings. The minimum atomic E-state index is -4.30. The van der Waals surface area contributed by atoms with Crippen LogP contribution in [0.2, 0.25) is 0 Å². The molecule has 0 N–H and O–H groups in total. The van der Waals surface area contributed by atoms with Crippen molar-refractivity contribution < 1.29 is 29.6 Å². The van der Waals surface area contributed by atoms with Gasteiger partial charge in [-0.1, -0.05) is 30.3 Å². The van der Waals surface area contributed by atoms with Crippen molar-refractivity contribution >= 4 is 23.6 Å². The van der Waals surface area contributed by atoms with Crippen LogP contribution < -0.4 is 0 Å². The minimum Gasteiger partial charge on any atom is -0.270 e. The maximum atomic E-state index is 14.4. The van der Waals surface area contributed by atoms with E-state index in [-0.39, 0.29) is 11.1 Å². The number of carbonyl (C=O) groups is 2. The van der Waals surface area contributed by atoms with Gasteiger partial charge in [-0.05, 0) is 42.1 Å². The van der Waals surface area contributed by atoms with E-state index in [0.29, 0.717) is 11.0 Å². The van der Waals surface area contributed by atoms with E-state index < -0.39 is 76.3 Å². The molecule has 1 heterocycles. The largest absolute Gasteiger partial charge is 0.348 e. The first kappa shape index (κ1) is 11.9. The van der Waals surface area contributed by atoms with Gasteiger partial charge < -0.3 is 0 Å². The summed E-state index contributed by atoms with van der Waals surface area (Å²) in [4.78, 5) is 24.2. The minimum absolute atomic E-state index is 0.0802. The van der Waals surface area contributed by atoms with Gasteiger partial charge in [-0.25, -0.2) is 4.39 Å². The van der Waals surface area contributed by atoms with Gasteiger partial charge in [0, 0.05) is 4.90 Å². The summed E-state index contributed by atoms with van der Waals surface area (Å²) in [5, 5.41) is -4.30. The van der Waals surface area contributed by atoms with Crippen molar-refractivity contribution in [3.63, 3.8) is 0 Å². The van der Waals surface area contributed by atoms with Crippen molar-refractivity contribution in [1.82, 2.24) is 4.90 Å². The number of amides is 2. The van der Waals surface area contributed by atoms with Crippen molar-refractivity contribution in [2.75, 3.05) is 6.54 Å². The quantitative estimate of drug-likeness (QED) is 0.575. The average Bonchev–Trinajstić information content (AvgIpc) is 2.96. The molecule has 0 radical (unpaired) electrons. The topological polar surface area (TPSA) is 37.4 Å². The summed E-state index contributed by atoms with van der Waals surface area (Å²) in [6.07, 6.45) is 0.351. The molecule has 128 valence electrons. The standard InChI is InChI=1S/C18H12F3NO2S/c19-15(18(20,21)25-12-6-2-1-3-7-12)10-11-22-16(23)13-8-4-5-9-14(13)17(22)24/h1-10H,11H2/b15-10-/i1D,2D,3D,6D,7D. The number of nitrogens with zero attached hydrogens (tertiary/aromatic N) is 1. The van der Waals surface area contributed by atoms with E-state index in [9.17, 15) is 22.8 Å². The first-order valence-corrected chi connectivity index (χ1v) is 7.74. The highest BCUT2D eigenvalue weighted by Crippen LogP contribution is 2.41. The number of benzene rings is 2. The van der Waals surface area contributed by atoms with Crippen molar-refractivity contribution in [1.29, 1.82) is 0 Å². The highest BCUT2D eigenvalue weighted by atomic mass is 32.2. The molecule has 0 aliphatic carbocycles. The van der Waals surface area contributed by atoms with Crippen molar-refractivity contribution in [3.05, 3.63) is 77.5 Å². The van der Waals surface area contributed by atoms with Gasteiger partial charge in [-0.2, -0.15) is 8.78 Å². The van der Waals surface area contributed by atoms with E-state index in [4.69, 9.17) is 6.85 Å². The molecule has 3 nitrogen and oxygen atoms in total. The SMILES string of the molecule is [2H]c1c([2H])c([2H])c(SC(F)(F)/C(F)=C/CN2C(=O)c3ccccc3C2=O)c([2H])c1[2H]. The van der Waals surface area contributed by atoms with E-state index in [1.807, 2.05) is 0 Å². The molecule has 7 heteroatoms. The Morgan fingerprint density at radius 3 is 2.24 bits per heavy atom. The second kappa shape index (κ2) is 6.76. The van der Waals surface area contributed by atoms with Gasteiger partial charge in [-0.15, -0.1) is 0 Å². The molecule has 1 aliphatic heterocycles. The van der Waals surface area contributed by atoms with Crippen LogP contribution in [0.15, 0.2) is 71.3 Å². The Morgan fingerprint density at radius 1 is 1.12 bits per heavy atom. The number of rotatable bonds is 5. The van der Waals surface area contributed by atoms with Crippen molar-refractivity contribution in [2.45, 2.75) is 10.2 Å². The Bertz CT molecular complexity index is 1050. The molecule has 0 saturated carbocycles. The van der Waals surface area contributed by atoms with Crippen LogP contribution in [0.1, 0.15) is 27.6 Å². The van der Waals surface area contributed by atoms with Crippen molar-refractivity contribution in [3.8, 4) is 0 Å².